The second-order valence-corrected chi connectivity index (χ2v) is 7.60. The first kappa shape index (κ1) is 17.0. The molecule has 0 radical (unpaired) electrons. The number of benzene rings is 2. The van der Waals surface area contributed by atoms with Crippen molar-refractivity contribution in [3.63, 3.8) is 0 Å². The van der Waals surface area contributed by atoms with Gasteiger partial charge >= 0.3 is 0 Å². The minimum Gasteiger partial charge on any atom is -0.330 e. The van der Waals surface area contributed by atoms with E-state index in [-0.39, 0.29) is 4.90 Å². The predicted molar refractivity (Wildman–Crippen MR) is 95.6 cm³/mol. The molecule has 0 spiro atoms. The van der Waals surface area contributed by atoms with Crippen molar-refractivity contribution in [2.24, 2.45) is 5.73 Å². The Kier molecular flexibility index (Phi) is 4.49. The smallest absolute Gasteiger partial charge is 0.176 e. The highest BCUT2D eigenvalue weighted by atomic mass is 32.2. The van der Waals surface area contributed by atoms with E-state index in [1.807, 2.05) is 0 Å². The fraction of sp³-hybridized carbons (Fsp3) is 0.167. The average Bonchev–Trinajstić information content (AvgIpc) is 2.60. The molecular formula is C18H16N4O2S. The minimum atomic E-state index is -3.45. The molecule has 126 valence electrons. The normalized spacial score (nSPS) is 11.4. The third kappa shape index (κ3) is 3.22. The zero-order valence-corrected chi connectivity index (χ0v) is 14.4. The van der Waals surface area contributed by atoms with Crippen LogP contribution in [-0.2, 0) is 16.3 Å². The number of hydrogen-bond donors (Lipinski definition) is 1. The Balaban J connectivity index is 2.40. The summed E-state index contributed by atoms with van der Waals surface area (Å²) < 4.78 is 24.3. The number of fused-ring (bicyclic) bond motifs is 1. The van der Waals surface area contributed by atoms with Crippen LogP contribution >= 0.6 is 0 Å². The number of rotatable bonds is 4. The van der Waals surface area contributed by atoms with Gasteiger partial charge in [-0.25, -0.2) is 18.4 Å². The molecule has 0 saturated heterocycles. The third-order valence-corrected chi connectivity index (χ3v) is 4.97. The van der Waals surface area contributed by atoms with Gasteiger partial charge in [0.25, 0.3) is 0 Å². The zero-order valence-electron chi connectivity index (χ0n) is 13.6. The molecule has 1 heterocycles. The molecular weight excluding hydrogens is 336 g/mol. The molecule has 2 aromatic carbocycles. The van der Waals surface area contributed by atoms with E-state index in [0.717, 1.165) is 6.26 Å². The van der Waals surface area contributed by atoms with Crippen molar-refractivity contribution in [2.75, 3.05) is 12.8 Å². The largest absolute Gasteiger partial charge is 0.330 e. The quantitative estimate of drug-likeness (QED) is 0.770. The molecule has 0 bridgehead atoms. The highest BCUT2D eigenvalue weighted by Gasteiger charge is 2.19. The highest BCUT2D eigenvalue weighted by molar-refractivity contribution is 7.90. The van der Waals surface area contributed by atoms with E-state index >= 15 is 0 Å². The van der Waals surface area contributed by atoms with E-state index in [4.69, 9.17) is 5.73 Å². The molecule has 0 saturated carbocycles. The van der Waals surface area contributed by atoms with Gasteiger partial charge in [0.15, 0.2) is 9.84 Å². The van der Waals surface area contributed by atoms with Crippen molar-refractivity contribution in [3.8, 4) is 17.3 Å². The standard InChI is InChI=1S/C18H16N4O2S/c1-25(23,24)16-8-3-2-6-13(16)18-15(9-10-19)21-14-7-4-5-12(11-20)17(14)22-18/h2-8H,9-10,19H2,1H3. The minimum absolute atomic E-state index is 0.177. The molecule has 25 heavy (non-hydrogen) atoms. The summed E-state index contributed by atoms with van der Waals surface area (Å²) in [4.78, 5) is 9.37. The summed E-state index contributed by atoms with van der Waals surface area (Å²) in [6, 6.07) is 13.9. The number of nitrogens with two attached hydrogens (primary N) is 1. The molecule has 3 rings (SSSR count). The van der Waals surface area contributed by atoms with E-state index < -0.39 is 9.84 Å². The zero-order chi connectivity index (χ0) is 18.0. The van der Waals surface area contributed by atoms with Gasteiger partial charge in [0.1, 0.15) is 11.6 Å². The van der Waals surface area contributed by atoms with Crippen LogP contribution in [0.5, 0.6) is 0 Å². The molecule has 0 aliphatic carbocycles. The van der Waals surface area contributed by atoms with Gasteiger partial charge in [-0.05, 0) is 24.7 Å². The predicted octanol–water partition coefficient (Wildman–Crippen LogP) is 2.07. The lowest BCUT2D eigenvalue weighted by molar-refractivity contribution is 0.602. The van der Waals surface area contributed by atoms with E-state index in [2.05, 4.69) is 16.0 Å². The monoisotopic (exact) mass is 352 g/mol. The molecule has 2 N–H and O–H groups in total. The van der Waals surface area contributed by atoms with Crippen molar-refractivity contribution < 1.29 is 8.42 Å². The average molecular weight is 352 g/mol. The van der Waals surface area contributed by atoms with Crippen LogP contribution in [0, 0.1) is 11.3 Å². The van der Waals surface area contributed by atoms with Gasteiger partial charge in [-0.3, -0.25) is 0 Å². The first-order valence-corrected chi connectivity index (χ1v) is 9.54. The topological polar surface area (TPSA) is 110 Å². The van der Waals surface area contributed by atoms with Crippen molar-refractivity contribution in [3.05, 3.63) is 53.7 Å². The van der Waals surface area contributed by atoms with Gasteiger partial charge in [0, 0.05) is 18.2 Å². The SMILES string of the molecule is CS(=O)(=O)c1ccccc1-c1nc2c(C#N)cccc2nc1CCN. The van der Waals surface area contributed by atoms with Gasteiger partial charge in [-0.2, -0.15) is 5.26 Å². The van der Waals surface area contributed by atoms with Crippen LogP contribution in [0.15, 0.2) is 47.4 Å². The second-order valence-electron chi connectivity index (χ2n) is 5.61. The summed E-state index contributed by atoms with van der Waals surface area (Å²) in [5.74, 6) is 0. The Labute approximate surface area is 145 Å². The molecule has 0 atom stereocenters. The number of nitrogens with zero attached hydrogens (tertiary/aromatic N) is 3. The number of hydrogen-bond acceptors (Lipinski definition) is 6. The van der Waals surface area contributed by atoms with Crippen LogP contribution < -0.4 is 5.73 Å². The van der Waals surface area contributed by atoms with Crippen LogP contribution in [0.3, 0.4) is 0 Å². The van der Waals surface area contributed by atoms with Crippen LogP contribution in [-0.4, -0.2) is 31.2 Å². The van der Waals surface area contributed by atoms with Gasteiger partial charge in [0.2, 0.25) is 0 Å². The molecule has 1 aromatic heterocycles. The van der Waals surface area contributed by atoms with Crippen LogP contribution in [0.4, 0.5) is 0 Å². The second kappa shape index (κ2) is 6.59. The van der Waals surface area contributed by atoms with Gasteiger partial charge in [-0.1, -0.05) is 24.3 Å². The Morgan fingerprint density at radius 2 is 1.88 bits per heavy atom. The van der Waals surface area contributed by atoms with E-state index in [1.165, 1.54) is 0 Å². The fourth-order valence-corrected chi connectivity index (χ4v) is 3.61. The summed E-state index contributed by atoms with van der Waals surface area (Å²) in [6.45, 7) is 0.353. The first-order valence-electron chi connectivity index (χ1n) is 7.65. The molecule has 0 aliphatic rings. The number of para-hydroxylation sites is 1. The lowest BCUT2D eigenvalue weighted by Gasteiger charge is -2.13. The summed E-state index contributed by atoms with van der Waals surface area (Å²) in [6.07, 6.45) is 1.61. The third-order valence-electron chi connectivity index (χ3n) is 3.81. The number of sulfone groups is 1. The molecule has 3 aromatic rings. The molecule has 7 heteroatoms. The fourth-order valence-electron chi connectivity index (χ4n) is 2.72. The van der Waals surface area contributed by atoms with Crippen LogP contribution in [0.2, 0.25) is 0 Å². The molecule has 0 aliphatic heterocycles. The van der Waals surface area contributed by atoms with Gasteiger partial charge in [-0.15, -0.1) is 0 Å². The van der Waals surface area contributed by atoms with E-state index in [0.29, 0.717) is 46.5 Å². The summed E-state index contributed by atoms with van der Waals surface area (Å²) in [7, 11) is -3.45. The van der Waals surface area contributed by atoms with Crippen LogP contribution in [0.25, 0.3) is 22.3 Å². The molecule has 6 nitrogen and oxygen atoms in total. The van der Waals surface area contributed by atoms with Crippen molar-refractivity contribution in [1.82, 2.24) is 9.97 Å². The Morgan fingerprint density at radius 3 is 2.56 bits per heavy atom. The highest BCUT2D eigenvalue weighted by Crippen LogP contribution is 2.30. The van der Waals surface area contributed by atoms with Crippen molar-refractivity contribution in [2.45, 2.75) is 11.3 Å². The van der Waals surface area contributed by atoms with Crippen molar-refractivity contribution in [1.29, 1.82) is 5.26 Å². The number of aromatic nitrogens is 2. The molecule has 0 unspecified atom stereocenters. The van der Waals surface area contributed by atoms with Crippen molar-refractivity contribution >= 4 is 20.9 Å². The van der Waals surface area contributed by atoms with Gasteiger partial charge in [0.05, 0.1) is 27.4 Å². The lowest BCUT2D eigenvalue weighted by Crippen LogP contribution is -2.09. The number of nitriles is 1. The molecule has 0 fully saturated rings. The first-order chi connectivity index (χ1) is 12.0. The van der Waals surface area contributed by atoms with E-state index in [9.17, 15) is 13.7 Å². The van der Waals surface area contributed by atoms with E-state index in [1.54, 1.807) is 42.5 Å². The Morgan fingerprint density at radius 1 is 1.12 bits per heavy atom. The maximum Gasteiger partial charge on any atom is 0.176 e. The summed E-state index contributed by atoms with van der Waals surface area (Å²) in [5, 5.41) is 9.32. The lowest BCUT2D eigenvalue weighted by atomic mass is 10.1. The maximum absolute atomic E-state index is 12.2. The Hall–Kier alpha value is -2.82. The maximum atomic E-state index is 12.2. The summed E-state index contributed by atoms with van der Waals surface area (Å²) in [5.41, 5.74) is 8.64. The van der Waals surface area contributed by atoms with Gasteiger partial charge < -0.3 is 5.73 Å². The Bertz CT molecular complexity index is 1100. The molecule has 0 amide bonds. The summed E-state index contributed by atoms with van der Waals surface area (Å²) >= 11 is 0. The van der Waals surface area contributed by atoms with Crippen LogP contribution in [0.1, 0.15) is 11.3 Å².